The van der Waals surface area contributed by atoms with E-state index in [0.717, 1.165) is 49.1 Å². The highest BCUT2D eigenvalue weighted by atomic mass is 16.5. The fraction of sp³-hybridized carbons (Fsp3) is 0.400. The highest BCUT2D eigenvalue weighted by molar-refractivity contribution is 5.88. The molecule has 10 nitrogen and oxygen atoms in total. The first kappa shape index (κ1) is 19.9. The Balaban J connectivity index is 1.31. The summed E-state index contributed by atoms with van der Waals surface area (Å²) in [5, 5.41) is 13.5. The van der Waals surface area contributed by atoms with Crippen LogP contribution in [-0.4, -0.2) is 63.6 Å². The van der Waals surface area contributed by atoms with Crippen LogP contribution in [0.4, 0.5) is 16.3 Å². The van der Waals surface area contributed by atoms with Crippen LogP contribution < -0.4 is 15.5 Å². The summed E-state index contributed by atoms with van der Waals surface area (Å²) >= 11 is 0. The second-order valence-corrected chi connectivity index (χ2v) is 7.15. The molecule has 30 heavy (non-hydrogen) atoms. The molecular weight excluding hydrogens is 384 g/mol. The van der Waals surface area contributed by atoms with Crippen molar-refractivity contribution >= 4 is 17.5 Å². The van der Waals surface area contributed by atoms with E-state index in [1.807, 2.05) is 32.2 Å². The Hall–Kier alpha value is -3.40. The highest BCUT2D eigenvalue weighted by Gasteiger charge is 2.21. The first-order valence-electron chi connectivity index (χ1n) is 10.1. The molecule has 4 heterocycles. The molecular formula is C20H26N8O2. The molecule has 1 saturated heterocycles. The first-order valence-corrected chi connectivity index (χ1v) is 10.1. The third-order valence-electron chi connectivity index (χ3n) is 5.01. The van der Waals surface area contributed by atoms with E-state index in [0.29, 0.717) is 18.9 Å². The number of hydrogen-bond acceptors (Lipinski definition) is 7. The van der Waals surface area contributed by atoms with Gasteiger partial charge in [-0.15, -0.1) is 0 Å². The number of nitrogens with one attached hydrogen (secondary N) is 2. The van der Waals surface area contributed by atoms with Gasteiger partial charge in [0.05, 0.1) is 17.9 Å². The van der Waals surface area contributed by atoms with Gasteiger partial charge in [-0.1, -0.05) is 5.16 Å². The lowest BCUT2D eigenvalue weighted by molar-refractivity contribution is 0.220. The van der Waals surface area contributed by atoms with Crippen molar-refractivity contribution in [3.05, 3.63) is 48.1 Å². The molecule has 158 valence electrons. The molecule has 3 aromatic rings. The summed E-state index contributed by atoms with van der Waals surface area (Å²) in [6.45, 7) is 8.73. The largest absolute Gasteiger partial charge is 0.368 e. The van der Waals surface area contributed by atoms with Crippen molar-refractivity contribution in [3.63, 3.8) is 0 Å². The average molecular weight is 410 g/mol. The molecule has 0 spiro atoms. The smallest absolute Gasteiger partial charge is 0.320 e. The zero-order valence-corrected chi connectivity index (χ0v) is 17.2. The van der Waals surface area contributed by atoms with Gasteiger partial charge in [0.25, 0.3) is 0 Å². The maximum absolute atomic E-state index is 11.6. The Morgan fingerprint density at radius 2 is 2.07 bits per heavy atom. The van der Waals surface area contributed by atoms with E-state index in [4.69, 9.17) is 9.51 Å². The number of anilines is 2. The zero-order chi connectivity index (χ0) is 20.9. The molecule has 1 aliphatic heterocycles. The summed E-state index contributed by atoms with van der Waals surface area (Å²) in [7, 11) is 0. The number of amides is 2. The van der Waals surface area contributed by atoms with Crippen LogP contribution in [0.1, 0.15) is 18.4 Å². The topological polar surface area (TPSA) is 104 Å². The predicted molar refractivity (Wildman–Crippen MR) is 113 cm³/mol. The summed E-state index contributed by atoms with van der Waals surface area (Å²) in [6.07, 6.45) is 3.64. The molecule has 2 N–H and O–H groups in total. The van der Waals surface area contributed by atoms with Crippen LogP contribution >= 0.6 is 0 Å². The van der Waals surface area contributed by atoms with E-state index in [1.165, 1.54) is 0 Å². The first-order chi connectivity index (χ1) is 14.6. The van der Waals surface area contributed by atoms with Gasteiger partial charge in [-0.25, -0.2) is 14.5 Å². The molecule has 0 saturated carbocycles. The highest BCUT2D eigenvalue weighted by Crippen LogP contribution is 2.22. The minimum atomic E-state index is -0.284. The Bertz CT molecular complexity index is 977. The molecule has 0 radical (unpaired) electrons. The van der Waals surface area contributed by atoms with Crippen LogP contribution in [0.2, 0.25) is 0 Å². The average Bonchev–Trinajstić information content (AvgIpc) is 3.41. The number of aromatic nitrogens is 4. The third-order valence-corrected chi connectivity index (χ3v) is 5.01. The molecule has 0 aliphatic carbocycles. The minimum Gasteiger partial charge on any atom is -0.368 e. The number of hydrogen-bond donors (Lipinski definition) is 2. The summed E-state index contributed by atoms with van der Waals surface area (Å²) in [4.78, 5) is 20.9. The maximum atomic E-state index is 11.6. The zero-order valence-electron chi connectivity index (χ0n) is 17.2. The molecule has 4 rings (SSSR count). The number of urea groups is 1. The van der Waals surface area contributed by atoms with E-state index < -0.39 is 0 Å². The normalized spacial score (nSPS) is 14.7. The van der Waals surface area contributed by atoms with Gasteiger partial charge in [0.2, 0.25) is 0 Å². The van der Waals surface area contributed by atoms with Crippen molar-refractivity contribution < 1.29 is 9.32 Å². The predicted octanol–water partition coefficient (Wildman–Crippen LogP) is 2.03. The van der Waals surface area contributed by atoms with Crippen LogP contribution in [-0.2, 0) is 6.54 Å². The lowest BCUT2D eigenvalue weighted by Gasteiger charge is -2.36. The Morgan fingerprint density at radius 1 is 1.23 bits per heavy atom. The van der Waals surface area contributed by atoms with Crippen molar-refractivity contribution in [2.75, 3.05) is 42.9 Å². The van der Waals surface area contributed by atoms with Crippen molar-refractivity contribution in [1.82, 2.24) is 30.1 Å². The number of aryl methyl sites for hydroxylation is 1. The van der Waals surface area contributed by atoms with E-state index >= 15 is 0 Å². The van der Waals surface area contributed by atoms with E-state index in [1.54, 1.807) is 16.9 Å². The van der Waals surface area contributed by atoms with Crippen molar-refractivity contribution in [3.8, 4) is 5.82 Å². The molecule has 10 heteroatoms. The van der Waals surface area contributed by atoms with Gasteiger partial charge < -0.3 is 14.7 Å². The number of carbonyl (C=O) groups is 1. The van der Waals surface area contributed by atoms with Gasteiger partial charge in [0, 0.05) is 51.2 Å². The number of nitrogens with zero attached hydrogens (tertiary/aromatic N) is 6. The molecule has 0 unspecified atom stereocenters. The number of piperazine rings is 1. The number of rotatable bonds is 6. The van der Waals surface area contributed by atoms with E-state index in [9.17, 15) is 4.79 Å². The monoisotopic (exact) mass is 410 g/mol. The molecule has 3 aromatic heterocycles. The summed E-state index contributed by atoms with van der Waals surface area (Å²) < 4.78 is 7.12. The van der Waals surface area contributed by atoms with E-state index in [-0.39, 0.29) is 6.03 Å². The van der Waals surface area contributed by atoms with E-state index in [2.05, 4.69) is 36.8 Å². The maximum Gasteiger partial charge on any atom is 0.320 e. The number of pyridine rings is 1. The van der Waals surface area contributed by atoms with Gasteiger partial charge >= 0.3 is 6.03 Å². The fourth-order valence-corrected chi connectivity index (χ4v) is 3.54. The van der Waals surface area contributed by atoms with Gasteiger partial charge in [0.1, 0.15) is 0 Å². The molecule has 1 fully saturated rings. The fourth-order valence-electron chi connectivity index (χ4n) is 3.54. The van der Waals surface area contributed by atoms with Crippen LogP contribution in [0.5, 0.6) is 0 Å². The van der Waals surface area contributed by atoms with Gasteiger partial charge in [-0.2, -0.15) is 5.10 Å². The second kappa shape index (κ2) is 8.95. The standard InChI is InChI=1S/C20H26N8O2/c1-3-21-20(29)24-18-13-16(30-25-18)14-26-9-11-27(12-10-26)17-5-6-19(23-15(17)2)28-8-4-7-22-28/h4-8,13H,3,9-12,14H2,1-2H3,(H2,21,24,25,29). The summed E-state index contributed by atoms with van der Waals surface area (Å²) in [5.41, 5.74) is 2.14. The van der Waals surface area contributed by atoms with Gasteiger partial charge in [-0.05, 0) is 32.0 Å². The summed E-state index contributed by atoms with van der Waals surface area (Å²) in [6, 6.07) is 7.49. The molecule has 1 aliphatic rings. The Labute approximate surface area is 174 Å². The summed E-state index contributed by atoms with van der Waals surface area (Å²) in [5.74, 6) is 1.98. The molecule has 0 aromatic carbocycles. The molecule has 0 bridgehead atoms. The Morgan fingerprint density at radius 3 is 2.77 bits per heavy atom. The Kier molecular flexibility index (Phi) is 5.94. The lowest BCUT2D eigenvalue weighted by atomic mass is 10.2. The third kappa shape index (κ3) is 4.60. The SMILES string of the molecule is CCNC(=O)Nc1cc(CN2CCN(c3ccc(-n4cccn4)nc3C)CC2)on1. The van der Waals surface area contributed by atoms with Gasteiger partial charge in [-0.3, -0.25) is 10.2 Å². The number of carbonyl (C=O) groups excluding carboxylic acids is 1. The van der Waals surface area contributed by atoms with Gasteiger partial charge in [0.15, 0.2) is 17.4 Å². The minimum absolute atomic E-state index is 0.284. The molecule has 2 amide bonds. The van der Waals surface area contributed by atoms with Crippen molar-refractivity contribution in [2.45, 2.75) is 20.4 Å². The lowest BCUT2D eigenvalue weighted by Crippen LogP contribution is -2.46. The van der Waals surface area contributed by atoms with Crippen LogP contribution in [0.25, 0.3) is 5.82 Å². The van der Waals surface area contributed by atoms with Crippen molar-refractivity contribution in [1.29, 1.82) is 0 Å². The quantitative estimate of drug-likeness (QED) is 0.641. The second-order valence-electron chi connectivity index (χ2n) is 7.15. The van der Waals surface area contributed by atoms with Crippen LogP contribution in [0, 0.1) is 6.92 Å². The van der Waals surface area contributed by atoms with Crippen LogP contribution in [0.3, 0.4) is 0 Å². The van der Waals surface area contributed by atoms with Crippen molar-refractivity contribution in [2.24, 2.45) is 0 Å². The van der Waals surface area contributed by atoms with Crippen LogP contribution in [0.15, 0.2) is 41.2 Å². The molecule has 0 atom stereocenters.